The number of amides is 1. The second-order valence-electron chi connectivity index (χ2n) is 5.88. The molecule has 0 aliphatic rings. The van der Waals surface area contributed by atoms with Crippen molar-refractivity contribution in [3.05, 3.63) is 76.7 Å². The molecular weight excluding hydrogens is 348 g/mol. The van der Waals surface area contributed by atoms with E-state index in [2.05, 4.69) is 39.7 Å². The van der Waals surface area contributed by atoms with Crippen LogP contribution in [0, 0.1) is 6.92 Å². The van der Waals surface area contributed by atoms with Crippen molar-refractivity contribution in [3.63, 3.8) is 0 Å². The first kappa shape index (κ1) is 17.9. The Balaban J connectivity index is 1.66. The number of halogens is 1. The molecule has 3 rings (SSSR count). The first-order chi connectivity index (χ1) is 12.5. The summed E-state index contributed by atoms with van der Waals surface area (Å²) in [7, 11) is 0. The molecule has 0 radical (unpaired) electrons. The van der Waals surface area contributed by atoms with Crippen LogP contribution >= 0.6 is 11.6 Å². The van der Waals surface area contributed by atoms with E-state index in [1.165, 1.54) is 18.0 Å². The Hall–Kier alpha value is -2.92. The Morgan fingerprint density at radius 2 is 1.77 bits per heavy atom. The van der Waals surface area contributed by atoms with Gasteiger partial charge in [0.15, 0.2) is 0 Å². The van der Waals surface area contributed by atoms with Gasteiger partial charge in [0.05, 0.1) is 12.4 Å². The zero-order valence-electron chi connectivity index (χ0n) is 14.6. The van der Waals surface area contributed by atoms with Gasteiger partial charge < -0.3 is 10.6 Å². The minimum atomic E-state index is -0.337. The topological polar surface area (TPSA) is 66.9 Å². The van der Waals surface area contributed by atoms with Gasteiger partial charge in [0, 0.05) is 16.4 Å². The van der Waals surface area contributed by atoms with Gasteiger partial charge in [0.25, 0.3) is 5.91 Å². The lowest BCUT2D eigenvalue weighted by atomic mass is 10.1. The average Bonchev–Trinajstić information content (AvgIpc) is 2.66. The summed E-state index contributed by atoms with van der Waals surface area (Å²) >= 11 is 6.07. The zero-order chi connectivity index (χ0) is 18.5. The number of benzene rings is 2. The molecule has 26 heavy (non-hydrogen) atoms. The summed E-state index contributed by atoms with van der Waals surface area (Å²) in [5.74, 6) is 0.237. The third-order valence-electron chi connectivity index (χ3n) is 3.95. The predicted octanol–water partition coefficient (Wildman–Crippen LogP) is 5.00. The van der Waals surface area contributed by atoms with E-state index in [9.17, 15) is 4.79 Å². The molecule has 6 heteroatoms. The van der Waals surface area contributed by atoms with Crippen molar-refractivity contribution in [2.45, 2.75) is 20.3 Å². The van der Waals surface area contributed by atoms with Crippen LogP contribution in [0.2, 0.25) is 5.02 Å². The van der Waals surface area contributed by atoms with E-state index in [0.717, 1.165) is 17.7 Å². The van der Waals surface area contributed by atoms with Crippen molar-refractivity contribution < 1.29 is 4.79 Å². The minimum absolute atomic E-state index is 0.230. The van der Waals surface area contributed by atoms with Gasteiger partial charge in [-0.1, -0.05) is 36.7 Å². The molecule has 0 bridgehead atoms. The minimum Gasteiger partial charge on any atom is -0.339 e. The molecule has 0 aliphatic heterocycles. The Morgan fingerprint density at radius 1 is 1.04 bits per heavy atom. The molecule has 0 atom stereocenters. The molecule has 0 aliphatic carbocycles. The number of hydrogen-bond acceptors (Lipinski definition) is 4. The maximum atomic E-state index is 12.3. The molecule has 0 spiro atoms. The van der Waals surface area contributed by atoms with Gasteiger partial charge in [0.2, 0.25) is 0 Å². The highest BCUT2D eigenvalue weighted by Gasteiger charge is 2.09. The number of nitrogens with one attached hydrogen (secondary N) is 2. The Bertz CT molecular complexity index is 908. The van der Waals surface area contributed by atoms with Gasteiger partial charge in [-0.3, -0.25) is 4.79 Å². The highest BCUT2D eigenvalue weighted by atomic mass is 35.5. The molecule has 3 aromatic rings. The molecule has 1 heterocycles. The first-order valence-electron chi connectivity index (χ1n) is 8.30. The zero-order valence-corrected chi connectivity index (χ0v) is 15.3. The normalized spacial score (nSPS) is 10.4. The van der Waals surface area contributed by atoms with E-state index in [4.69, 9.17) is 11.6 Å². The van der Waals surface area contributed by atoms with Crippen LogP contribution in [-0.2, 0) is 6.42 Å². The fourth-order valence-corrected chi connectivity index (χ4v) is 2.53. The van der Waals surface area contributed by atoms with Crippen molar-refractivity contribution >= 4 is 34.7 Å². The lowest BCUT2D eigenvalue weighted by molar-refractivity contribution is 0.102. The predicted molar refractivity (Wildman–Crippen MR) is 105 cm³/mol. The van der Waals surface area contributed by atoms with Crippen LogP contribution in [-0.4, -0.2) is 15.9 Å². The summed E-state index contributed by atoms with van der Waals surface area (Å²) in [5, 5.41) is 6.52. The molecule has 5 nitrogen and oxygen atoms in total. The van der Waals surface area contributed by atoms with E-state index < -0.39 is 0 Å². The highest BCUT2D eigenvalue weighted by Crippen LogP contribution is 2.20. The number of nitrogens with zero attached hydrogens (tertiary/aromatic N) is 2. The van der Waals surface area contributed by atoms with Crippen LogP contribution in [0.4, 0.5) is 17.2 Å². The summed E-state index contributed by atoms with van der Waals surface area (Å²) in [6, 6.07) is 13.4. The van der Waals surface area contributed by atoms with Crippen LogP contribution in [0.3, 0.4) is 0 Å². The third kappa shape index (κ3) is 4.37. The molecule has 0 saturated carbocycles. The van der Waals surface area contributed by atoms with Gasteiger partial charge >= 0.3 is 0 Å². The maximum absolute atomic E-state index is 12.3. The highest BCUT2D eigenvalue weighted by molar-refractivity contribution is 6.31. The van der Waals surface area contributed by atoms with Crippen LogP contribution in [0.15, 0.2) is 54.9 Å². The number of hydrogen-bond donors (Lipinski definition) is 2. The van der Waals surface area contributed by atoms with Crippen molar-refractivity contribution in [1.29, 1.82) is 0 Å². The monoisotopic (exact) mass is 366 g/mol. The SMILES string of the molecule is CCc1ccc(Nc2cnc(C(=O)Nc3ccc(C)c(Cl)c3)cn2)cc1. The fraction of sp³-hybridized carbons (Fsp3) is 0.150. The number of carbonyl (C=O) groups is 1. The standard InChI is InChI=1S/C20H19ClN4O/c1-3-14-5-8-15(9-6-14)24-19-12-22-18(11-23-19)20(26)25-16-7-4-13(2)17(21)10-16/h4-12H,3H2,1-2H3,(H,23,24)(H,25,26). The number of carbonyl (C=O) groups excluding carboxylic acids is 1. The van der Waals surface area contributed by atoms with Gasteiger partial charge in [-0.15, -0.1) is 0 Å². The molecule has 132 valence electrons. The smallest absolute Gasteiger partial charge is 0.275 e. The Morgan fingerprint density at radius 3 is 2.38 bits per heavy atom. The lowest BCUT2D eigenvalue weighted by Crippen LogP contribution is -2.14. The molecule has 0 unspecified atom stereocenters. The van der Waals surface area contributed by atoms with Gasteiger partial charge in [-0.25, -0.2) is 9.97 Å². The second kappa shape index (κ2) is 7.97. The van der Waals surface area contributed by atoms with Gasteiger partial charge in [0.1, 0.15) is 11.5 Å². The van der Waals surface area contributed by atoms with Gasteiger partial charge in [-0.2, -0.15) is 0 Å². The second-order valence-corrected chi connectivity index (χ2v) is 6.29. The summed E-state index contributed by atoms with van der Waals surface area (Å²) in [6.07, 6.45) is 3.97. The average molecular weight is 367 g/mol. The number of anilines is 3. The summed E-state index contributed by atoms with van der Waals surface area (Å²) in [5.41, 5.74) is 3.99. The molecule has 1 amide bonds. The summed E-state index contributed by atoms with van der Waals surface area (Å²) < 4.78 is 0. The van der Waals surface area contributed by atoms with E-state index >= 15 is 0 Å². The third-order valence-corrected chi connectivity index (χ3v) is 4.36. The molecule has 0 fully saturated rings. The van der Waals surface area contributed by atoms with E-state index in [0.29, 0.717) is 16.5 Å². The van der Waals surface area contributed by atoms with E-state index in [-0.39, 0.29) is 11.6 Å². The maximum Gasteiger partial charge on any atom is 0.275 e. The largest absolute Gasteiger partial charge is 0.339 e. The van der Waals surface area contributed by atoms with Gasteiger partial charge in [-0.05, 0) is 48.7 Å². The number of aryl methyl sites for hydroxylation is 2. The van der Waals surface area contributed by atoms with Crippen molar-refractivity contribution in [2.24, 2.45) is 0 Å². The first-order valence-corrected chi connectivity index (χ1v) is 8.68. The molecule has 0 saturated heterocycles. The van der Waals surface area contributed by atoms with E-state index in [1.54, 1.807) is 12.1 Å². The van der Waals surface area contributed by atoms with Crippen LogP contribution in [0.1, 0.15) is 28.5 Å². The molecule has 2 N–H and O–H groups in total. The molecule has 2 aromatic carbocycles. The van der Waals surface area contributed by atoms with Crippen LogP contribution in [0.25, 0.3) is 0 Å². The number of aromatic nitrogens is 2. The lowest BCUT2D eigenvalue weighted by Gasteiger charge is -2.08. The molecule has 1 aromatic heterocycles. The van der Waals surface area contributed by atoms with E-state index in [1.807, 2.05) is 25.1 Å². The van der Waals surface area contributed by atoms with Crippen LogP contribution < -0.4 is 10.6 Å². The Labute approximate surface area is 157 Å². The Kier molecular flexibility index (Phi) is 5.49. The van der Waals surface area contributed by atoms with Crippen molar-refractivity contribution in [2.75, 3.05) is 10.6 Å². The van der Waals surface area contributed by atoms with Crippen LogP contribution in [0.5, 0.6) is 0 Å². The number of rotatable bonds is 5. The molecular formula is C20H19ClN4O. The quantitative estimate of drug-likeness (QED) is 0.667. The van der Waals surface area contributed by atoms with Crippen molar-refractivity contribution in [3.8, 4) is 0 Å². The van der Waals surface area contributed by atoms with Crippen molar-refractivity contribution in [1.82, 2.24) is 9.97 Å². The summed E-state index contributed by atoms with van der Waals surface area (Å²) in [6.45, 7) is 4.02. The fourth-order valence-electron chi connectivity index (χ4n) is 2.35. The summed E-state index contributed by atoms with van der Waals surface area (Å²) in [4.78, 5) is 20.7.